The first-order valence-electron chi connectivity index (χ1n) is 7.91. The van der Waals surface area contributed by atoms with Crippen LogP contribution in [0.15, 0.2) is 17.1 Å². The van der Waals surface area contributed by atoms with E-state index in [1.807, 2.05) is 18.4 Å². The molecular weight excluding hydrogens is 282 g/mol. The molecule has 1 fully saturated rings. The molecule has 0 radical (unpaired) electrons. The van der Waals surface area contributed by atoms with Crippen LogP contribution >= 0.6 is 11.3 Å². The molecule has 0 spiro atoms. The van der Waals surface area contributed by atoms with Crippen LogP contribution in [0.1, 0.15) is 35.9 Å². The lowest BCUT2D eigenvalue weighted by atomic mass is 10.3. The van der Waals surface area contributed by atoms with Crippen LogP contribution in [0.25, 0.3) is 0 Å². The lowest BCUT2D eigenvalue weighted by Crippen LogP contribution is -2.37. The van der Waals surface area contributed by atoms with Gasteiger partial charge in [0.05, 0.1) is 6.54 Å². The van der Waals surface area contributed by atoms with E-state index in [1.165, 1.54) is 22.6 Å². The Bertz CT molecular complexity index is 440. The van der Waals surface area contributed by atoms with Crippen molar-refractivity contribution in [3.8, 4) is 0 Å². The standard InChI is InChI=1S/C16H27N3OS/c1-3-14-7-8-15(21-14)11-19-16(17-2)18-9-4-10-20-12-13-5-6-13/h7-8,13H,3-6,9-12H2,1-2H3,(H2,17,18,19). The Kier molecular flexibility index (Phi) is 7.03. The second kappa shape index (κ2) is 9.05. The number of guanidine groups is 1. The average Bonchev–Trinajstić information content (AvgIpc) is 3.22. The number of thiophene rings is 1. The summed E-state index contributed by atoms with van der Waals surface area (Å²) in [6, 6.07) is 4.39. The van der Waals surface area contributed by atoms with Gasteiger partial charge in [0.1, 0.15) is 0 Å². The molecule has 2 rings (SSSR count). The van der Waals surface area contributed by atoms with Crippen molar-refractivity contribution in [3.63, 3.8) is 0 Å². The zero-order chi connectivity index (χ0) is 14.9. The summed E-state index contributed by atoms with van der Waals surface area (Å²) >= 11 is 1.86. The van der Waals surface area contributed by atoms with Gasteiger partial charge in [-0.25, -0.2) is 0 Å². The maximum absolute atomic E-state index is 5.62. The van der Waals surface area contributed by atoms with Crippen molar-refractivity contribution < 1.29 is 4.74 Å². The molecule has 1 aromatic rings. The topological polar surface area (TPSA) is 45.7 Å². The van der Waals surface area contributed by atoms with E-state index in [0.717, 1.165) is 51.0 Å². The monoisotopic (exact) mass is 309 g/mol. The Morgan fingerprint density at radius 2 is 2.14 bits per heavy atom. The van der Waals surface area contributed by atoms with E-state index >= 15 is 0 Å². The Hall–Kier alpha value is -1.07. The molecule has 0 unspecified atom stereocenters. The molecular formula is C16H27N3OS. The molecule has 2 N–H and O–H groups in total. The average molecular weight is 309 g/mol. The highest BCUT2D eigenvalue weighted by molar-refractivity contribution is 7.11. The van der Waals surface area contributed by atoms with E-state index in [1.54, 1.807) is 0 Å². The number of nitrogens with zero attached hydrogens (tertiary/aromatic N) is 1. The highest BCUT2D eigenvalue weighted by Gasteiger charge is 2.20. The van der Waals surface area contributed by atoms with Crippen LogP contribution in [0.5, 0.6) is 0 Å². The van der Waals surface area contributed by atoms with Gasteiger partial charge in [0.15, 0.2) is 5.96 Å². The molecule has 0 amide bonds. The molecule has 21 heavy (non-hydrogen) atoms. The van der Waals surface area contributed by atoms with Crippen molar-refractivity contribution in [1.29, 1.82) is 0 Å². The summed E-state index contributed by atoms with van der Waals surface area (Å²) in [5.74, 6) is 1.72. The van der Waals surface area contributed by atoms with Crippen molar-refractivity contribution in [2.45, 2.75) is 39.2 Å². The number of hydrogen-bond donors (Lipinski definition) is 2. The van der Waals surface area contributed by atoms with E-state index in [-0.39, 0.29) is 0 Å². The molecule has 1 aliphatic carbocycles. The van der Waals surface area contributed by atoms with E-state index < -0.39 is 0 Å². The Balaban J connectivity index is 1.54. The third-order valence-electron chi connectivity index (χ3n) is 3.53. The Labute approximate surface area is 132 Å². The minimum absolute atomic E-state index is 0.836. The van der Waals surface area contributed by atoms with Gasteiger partial charge in [0.25, 0.3) is 0 Å². The van der Waals surface area contributed by atoms with E-state index in [4.69, 9.17) is 4.74 Å². The molecule has 5 heteroatoms. The summed E-state index contributed by atoms with van der Waals surface area (Å²) in [5.41, 5.74) is 0. The fraction of sp³-hybridized carbons (Fsp3) is 0.688. The third kappa shape index (κ3) is 6.48. The number of rotatable bonds is 9. The summed E-state index contributed by atoms with van der Waals surface area (Å²) in [7, 11) is 1.81. The SMILES string of the molecule is CCc1ccc(CNC(=NC)NCCCOCC2CC2)s1. The van der Waals surface area contributed by atoms with Gasteiger partial charge in [-0.15, -0.1) is 11.3 Å². The second-order valence-electron chi connectivity index (χ2n) is 5.45. The molecule has 4 nitrogen and oxygen atoms in total. The first kappa shape index (κ1) is 16.3. The van der Waals surface area contributed by atoms with Gasteiger partial charge < -0.3 is 15.4 Å². The smallest absolute Gasteiger partial charge is 0.191 e. The molecule has 1 aromatic heterocycles. The van der Waals surface area contributed by atoms with Gasteiger partial charge in [-0.3, -0.25) is 4.99 Å². The normalized spacial score (nSPS) is 15.2. The largest absolute Gasteiger partial charge is 0.381 e. The first-order valence-corrected chi connectivity index (χ1v) is 8.73. The van der Waals surface area contributed by atoms with Crippen LogP contribution in [0, 0.1) is 5.92 Å². The molecule has 0 bridgehead atoms. The summed E-state index contributed by atoms with van der Waals surface area (Å²) in [6.45, 7) is 5.71. The van der Waals surface area contributed by atoms with E-state index in [0.29, 0.717) is 0 Å². The van der Waals surface area contributed by atoms with Crippen molar-refractivity contribution in [2.24, 2.45) is 10.9 Å². The van der Waals surface area contributed by atoms with Gasteiger partial charge >= 0.3 is 0 Å². The Morgan fingerprint density at radius 1 is 1.33 bits per heavy atom. The summed E-state index contributed by atoms with van der Waals surface area (Å²) in [4.78, 5) is 7.03. The zero-order valence-electron chi connectivity index (χ0n) is 13.2. The highest BCUT2D eigenvalue weighted by atomic mass is 32.1. The van der Waals surface area contributed by atoms with Gasteiger partial charge in [0, 0.05) is 36.6 Å². The molecule has 1 aliphatic rings. The van der Waals surface area contributed by atoms with Crippen LogP contribution in [0.2, 0.25) is 0 Å². The molecule has 0 saturated heterocycles. The maximum Gasteiger partial charge on any atom is 0.191 e. The van der Waals surface area contributed by atoms with Crippen LogP contribution in [-0.2, 0) is 17.7 Å². The summed E-state index contributed by atoms with van der Waals surface area (Å²) < 4.78 is 5.62. The first-order chi connectivity index (χ1) is 10.3. The number of aryl methyl sites for hydroxylation is 1. The van der Waals surface area contributed by atoms with Crippen molar-refractivity contribution in [3.05, 3.63) is 21.9 Å². The minimum Gasteiger partial charge on any atom is -0.381 e. The molecule has 1 heterocycles. The van der Waals surface area contributed by atoms with Gasteiger partial charge in [-0.2, -0.15) is 0 Å². The molecule has 0 atom stereocenters. The maximum atomic E-state index is 5.62. The van der Waals surface area contributed by atoms with Crippen LogP contribution in [-0.4, -0.2) is 32.8 Å². The van der Waals surface area contributed by atoms with Crippen molar-refractivity contribution in [1.82, 2.24) is 10.6 Å². The number of hydrogen-bond acceptors (Lipinski definition) is 3. The molecule has 0 aromatic carbocycles. The third-order valence-corrected chi connectivity index (χ3v) is 4.76. The molecule has 0 aliphatic heterocycles. The summed E-state index contributed by atoms with van der Waals surface area (Å²) in [6.07, 6.45) is 4.85. The number of aliphatic imine (C=N–C) groups is 1. The lowest BCUT2D eigenvalue weighted by molar-refractivity contribution is 0.123. The van der Waals surface area contributed by atoms with Gasteiger partial charge in [-0.05, 0) is 43.7 Å². The van der Waals surface area contributed by atoms with Crippen LogP contribution in [0.4, 0.5) is 0 Å². The summed E-state index contributed by atoms with van der Waals surface area (Å²) in [5, 5.41) is 6.68. The predicted molar refractivity (Wildman–Crippen MR) is 90.1 cm³/mol. The van der Waals surface area contributed by atoms with Crippen molar-refractivity contribution >= 4 is 17.3 Å². The minimum atomic E-state index is 0.836. The van der Waals surface area contributed by atoms with E-state index in [2.05, 4.69) is 34.7 Å². The van der Waals surface area contributed by atoms with Gasteiger partial charge in [0.2, 0.25) is 0 Å². The Morgan fingerprint density at radius 3 is 2.81 bits per heavy atom. The second-order valence-corrected chi connectivity index (χ2v) is 6.70. The quantitative estimate of drug-likeness (QED) is 0.419. The lowest BCUT2D eigenvalue weighted by Gasteiger charge is -2.11. The fourth-order valence-electron chi connectivity index (χ4n) is 2.01. The fourth-order valence-corrected chi connectivity index (χ4v) is 2.91. The number of ether oxygens (including phenoxy) is 1. The van der Waals surface area contributed by atoms with Gasteiger partial charge in [-0.1, -0.05) is 6.92 Å². The highest BCUT2D eigenvalue weighted by Crippen LogP contribution is 2.28. The number of nitrogens with one attached hydrogen (secondary N) is 2. The van der Waals surface area contributed by atoms with E-state index in [9.17, 15) is 0 Å². The zero-order valence-corrected chi connectivity index (χ0v) is 14.0. The van der Waals surface area contributed by atoms with Crippen molar-refractivity contribution in [2.75, 3.05) is 26.8 Å². The molecule has 118 valence electrons. The van der Waals surface area contributed by atoms with Crippen LogP contribution in [0.3, 0.4) is 0 Å². The molecule has 1 saturated carbocycles. The predicted octanol–water partition coefficient (Wildman–Crippen LogP) is 2.79. The van der Waals surface area contributed by atoms with Crippen LogP contribution < -0.4 is 10.6 Å².